The molecule has 5 rings (SSSR count). The van der Waals surface area contributed by atoms with Crippen LogP contribution in [-0.4, -0.2) is 55.0 Å². The number of halogens is 2. The molecule has 200 valence electrons. The van der Waals surface area contributed by atoms with E-state index >= 15 is 0 Å². The van der Waals surface area contributed by atoms with Crippen molar-refractivity contribution in [3.8, 4) is 16.2 Å². The average Bonchev–Trinajstić information content (AvgIpc) is 3.48. The second-order valence-corrected chi connectivity index (χ2v) is 10.1. The monoisotopic (exact) mass is 548 g/mol. The second-order valence-electron chi connectivity index (χ2n) is 8.98. The van der Waals surface area contributed by atoms with Crippen LogP contribution in [0.25, 0.3) is 10.4 Å². The average molecular weight is 549 g/mol. The lowest BCUT2D eigenvalue weighted by atomic mass is 10.1. The van der Waals surface area contributed by atoms with Crippen molar-refractivity contribution in [3.05, 3.63) is 101 Å². The van der Waals surface area contributed by atoms with Crippen molar-refractivity contribution in [2.75, 3.05) is 38.2 Å². The second kappa shape index (κ2) is 11.6. The number of aromatic nitrogens is 1. The van der Waals surface area contributed by atoms with Crippen LogP contribution in [-0.2, 0) is 6.54 Å². The lowest BCUT2D eigenvalue weighted by Gasteiger charge is -2.35. The number of hydrogen-bond donors (Lipinski definition) is 1. The lowest BCUT2D eigenvalue weighted by Crippen LogP contribution is -2.49. The number of carbonyl (C=O) groups excluding carboxylic acids is 2. The van der Waals surface area contributed by atoms with Crippen molar-refractivity contribution >= 4 is 29.0 Å². The van der Waals surface area contributed by atoms with Crippen LogP contribution in [0.4, 0.5) is 14.6 Å². The summed E-state index contributed by atoms with van der Waals surface area (Å²) < 4.78 is 32.1. The van der Waals surface area contributed by atoms with Gasteiger partial charge < -0.3 is 19.9 Å². The molecule has 3 heterocycles. The summed E-state index contributed by atoms with van der Waals surface area (Å²) in [5.41, 5.74) is 1.94. The SMILES string of the molecule is COc1ccc(CNC(=O)c2cccnc2N2CCN(C(=O)c3ccc(-c4ccc(F)c(F)c4)s3)CC2)cc1. The van der Waals surface area contributed by atoms with Crippen LogP contribution in [0.15, 0.2) is 72.9 Å². The van der Waals surface area contributed by atoms with E-state index in [0.717, 1.165) is 23.4 Å². The number of nitrogens with one attached hydrogen (secondary N) is 1. The molecule has 2 aromatic carbocycles. The molecule has 0 bridgehead atoms. The number of pyridine rings is 1. The molecular formula is C29H26F2N4O3S. The third-order valence-corrected chi connectivity index (χ3v) is 7.65. The van der Waals surface area contributed by atoms with Crippen molar-refractivity contribution in [3.63, 3.8) is 0 Å². The number of amides is 2. The first-order valence-corrected chi connectivity index (χ1v) is 13.2. The Balaban J connectivity index is 1.20. The van der Waals surface area contributed by atoms with Gasteiger partial charge in [-0.3, -0.25) is 9.59 Å². The smallest absolute Gasteiger partial charge is 0.264 e. The number of methoxy groups -OCH3 is 1. The highest BCUT2D eigenvalue weighted by atomic mass is 32.1. The predicted molar refractivity (Wildman–Crippen MR) is 146 cm³/mol. The zero-order valence-corrected chi connectivity index (χ0v) is 22.0. The zero-order chi connectivity index (χ0) is 27.4. The summed E-state index contributed by atoms with van der Waals surface area (Å²) in [4.78, 5) is 35.6. The number of ether oxygens (including phenoxy) is 1. The van der Waals surface area contributed by atoms with Crippen LogP contribution in [0.3, 0.4) is 0 Å². The Morgan fingerprint density at radius 3 is 2.46 bits per heavy atom. The molecule has 0 radical (unpaired) electrons. The Labute approximate surface area is 228 Å². The van der Waals surface area contributed by atoms with Gasteiger partial charge in [0.25, 0.3) is 11.8 Å². The molecule has 0 unspecified atom stereocenters. The summed E-state index contributed by atoms with van der Waals surface area (Å²) in [6.45, 7) is 2.32. The number of piperazine rings is 1. The summed E-state index contributed by atoms with van der Waals surface area (Å²) in [7, 11) is 1.60. The first kappa shape index (κ1) is 26.3. The summed E-state index contributed by atoms with van der Waals surface area (Å²) in [6, 6.07) is 18.1. The van der Waals surface area contributed by atoms with E-state index < -0.39 is 11.6 Å². The number of rotatable bonds is 7. The van der Waals surface area contributed by atoms with Gasteiger partial charge in [0.1, 0.15) is 11.6 Å². The highest BCUT2D eigenvalue weighted by molar-refractivity contribution is 7.17. The van der Waals surface area contributed by atoms with Gasteiger partial charge in [0.15, 0.2) is 11.6 Å². The van der Waals surface area contributed by atoms with Crippen LogP contribution >= 0.6 is 11.3 Å². The maximum Gasteiger partial charge on any atom is 0.264 e. The minimum Gasteiger partial charge on any atom is -0.497 e. The van der Waals surface area contributed by atoms with E-state index in [0.29, 0.717) is 59.4 Å². The number of carbonyl (C=O) groups is 2. The van der Waals surface area contributed by atoms with E-state index in [-0.39, 0.29) is 11.8 Å². The molecule has 0 atom stereocenters. The van der Waals surface area contributed by atoms with Crippen molar-refractivity contribution in [1.82, 2.24) is 15.2 Å². The molecule has 7 nitrogen and oxygen atoms in total. The molecule has 39 heavy (non-hydrogen) atoms. The Bertz CT molecular complexity index is 1480. The Morgan fingerprint density at radius 2 is 1.74 bits per heavy atom. The van der Waals surface area contributed by atoms with Crippen LogP contribution < -0.4 is 15.0 Å². The Morgan fingerprint density at radius 1 is 0.974 bits per heavy atom. The maximum absolute atomic E-state index is 13.6. The molecule has 2 aromatic heterocycles. The van der Waals surface area contributed by atoms with Crippen molar-refractivity contribution < 1.29 is 23.1 Å². The van der Waals surface area contributed by atoms with Crippen molar-refractivity contribution in [2.45, 2.75) is 6.54 Å². The van der Waals surface area contributed by atoms with E-state index in [1.165, 1.54) is 17.4 Å². The molecule has 10 heteroatoms. The fourth-order valence-electron chi connectivity index (χ4n) is 4.38. The molecular weight excluding hydrogens is 522 g/mol. The number of nitrogens with zero attached hydrogens (tertiary/aromatic N) is 3. The molecule has 1 saturated heterocycles. The molecule has 4 aromatic rings. The maximum atomic E-state index is 13.6. The van der Waals surface area contributed by atoms with E-state index in [2.05, 4.69) is 10.3 Å². The number of hydrogen-bond acceptors (Lipinski definition) is 6. The number of thiophene rings is 1. The first-order valence-electron chi connectivity index (χ1n) is 12.4. The standard InChI is InChI=1S/C29H26F2N4O3S/c1-38-21-7-4-19(5-8-21)18-33-28(36)22-3-2-12-32-27(22)34-13-15-35(16-14-34)29(37)26-11-10-25(39-26)20-6-9-23(30)24(31)17-20/h2-12,17H,13-16,18H2,1H3,(H,33,36). The summed E-state index contributed by atoms with van der Waals surface area (Å²) in [5.74, 6) is -0.847. The highest BCUT2D eigenvalue weighted by Crippen LogP contribution is 2.30. The summed E-state index contributed by atoms with van der Waals surface area (Å²) in [5, 5.41) is 2.95. The molecule has 0 spiro atoms. The van der Waals surface area contributed by atoms with Crippen molar-refractivity contribution in [1.29, 1.82) is 0 Å². The van der Waals surface area contributed by atoms with Gasteiger partial charge in [0.05, 0.1) is 17.6 Å². The van der Waals surface area contributed by atoms with Crippen LogP contribution in [0, 0.1) is 11.6 Å². The largest absolute Gasteiger partial charge is 0.497 e. The Hall–Kier alpha value is -4.31. The van der Waals surface area contributed by atoms with E-state index in [1.807, 2.05) is 29.2 Å². The molecule has 1 aliphatic heterocycles. The van der Waals surface area contributed by atoms with Gasteiger partial charge in [-0.15, -0.1) is 11.3 Å². The molecule has 1 fully saturated rings. The minimum atomic E-state index is -0.923. The van der Waals surface area contributed by atoms with Gasteiger partial charge in [0, 0.05) is 43.8 Å². The van der Waals surface area contributed by atoms with Gasteiger partial charge in [0.2, 0.25) is 0 Å². The topological polar surface area (TPSA) is 74.8 Å². The fraction of sp³-hybridized carbons (Fsp3) is 0.207. The van der Waals surface area contributed by atoms with E-state index in [9.17, 15) is 18.4 Å². The van der Waals surface area contributed by atoms with Gasteiger partial charge in [-0.1, -0.05) is 18.2 Å². The van der Waals surface area contributed by atoms with Gasteiger partial charge in [-0.2, -0.15) is 0 Å². The van der Waals surface area contributed by atoms with Crippen LogP contribution in [0.5, 0.6) is 5.75 Å². The molecule has 0 saturated carbocycles. The minimum absolute atomic E-state index is 0.119. The van der Waals surface area contributed by atoms with E-state index in [1.54, 1.807) is 42.5 Å². The number of anilines is 1. The third-order valence-electron chi connectivity index (χ3n) is 6.53. The lowest BCUT2D eigenvalue weighted by molar-refractivity contribution is 0.0750. The van der Waals surface area contributed by atoms with Gasteiger partial charge >= 0.3 is 0 Å². The quantitative estimate of drug-likeness (QED) is 0.352. The van der Waals surface area contributed by atoms with E-state index in [4.69, 9.17) is 4.74 Å². The Kier molecular flexibility index (Phi) is 7.83. The third kappa shape index (κ3) is 5.91. The van der Waals surface area contributed by atoms with Crippen molar-refractivity contribution in [2.24, 2.45) is 0 Å². The highest BCUT2D eigenvalue weighted by Gasteiger charge is 2.26. The molecule has 1 N–H and O–H groups in total. The zero-order valence-electron chi connectivity index (χ0n) is 21.2. The fourth-order valence-corrected chi connectivity index (χ4v) is 5.35. The van der Waals surface area contributed by atoms with Gasteiger partial charge in [-0.25, -0.2) is 13.8 Å². The predicted octanol–water partition coefficient (Wildman–Crippen LogP) is 4.99. The molecule has 0 aliphatic carbocycles. The van der Waals surface area contributed by atoms with Crippen LogP contribution in [0.1, 0.15) is 25.6 Å². The molecule has 1 aliphatic rings. The molecule has 2 amide bonds. The normalized spacial score (nSPS) is 13.3. The summed E-state index contributed by atoms with van der Waals surface area (Å²) >= 11 is 1.25. The number of benzene rings is 2. The van der Waals surface area contributed by atoms with Gasteiger partial charge in [-0.05, 0) is 59.7 Å². The van der Waals surface area contributed by atoms with Crippen LogP contribution in [0.2, 0.25) is 0 Å². The first-order chi connectivity index (χ1) is 18.9. The summed E-state index contributed by atoms with van der Waals surface area (Å²) in [6.07, 6.45) is 1.65.